The molecule has 3 rings (SSSR count). The van der Waals surface area contributed by atoms with Crippen molar-refractivity contribution in [2.75, 3.05) is 18.2 Å². The smallest absolute Gasteiger partial charge is 0.254 e. The largest absolute Gasteiger partial charge is 0.495 e. The van der Waals surface area contributed by atoms with Crippen LogP contribution in [-0.4, -0.2) is 18.8 Å². The molecule has 0 fully saturated rings. The van der Waals surface area contributed by atoms with Crippen LogP contribution in [0.15, 0.2) is 63.7 Å². The molecular weight excluding hydrogens is 390 g/mol. The fraction of sp³-hybridized carbons (Fsp3) is 0.238. The number of dihydropyridines is 1. The molecule has 7 heteroatoms. The van der Waals surface area contributed by atoms with Crippen LogP contribution in [0.5, 0.6) is 5.75 Å². The number of amides is 1. The molecule has 2 heterocycles. The number of nitrogens with zero attached hydrogens (tertiary/aromatic N) is 1. The van der Waals surface area contributed by atoms with Crippen LogP contribution in [0.2, 0.25) is 0 Å². The van der Waals surface area contributed by atoms with Gasteiger partial charge in [-0.2, -0.15) is 5.26 Å². The SMILES string of the molecule is CCSC1=C(C#N)[C@H](c2cccs2)C(C(=O)Nc2ccccc2OC)=C(C)N1. The third-order valence-electron chi connectivity index (χ3n) is 4.36. The molecule has 1 aromatic heterocycles. The summed E-state index contributed by atoms with van der Waals surface area (Å²) in [6, 6.07) is 13.5. The molecular formula is C21H21N3O2S2. The van der Waals surface area contributed by atoms with Gasteiger partial charge >= 0.3 is 0 Å². The molecule has 0 bridgehead atoms. The monoisotopic (exact) mass is 411 g/mol. The lowest BCUT2D eigenvalue weighted by atomic mass is 9.86. The number of hydrogen-bond acceptors (Lipinski definition) is 6. The predicted octanol–water partition coefficient (Wildman–Crippen LogP) is 4.84. The van der Waals surface area contributed by atoms with Crippen molar-refractivity contribution in [3.05, 3.63) is 68.5 Å². The third kappa shape index (κ3) is 3.93. The van der Waals surface area contributed by atoms with Crippen molar-refractivity contribution in [2.24, 2.45) is 0 Å². The first-order valence-electron chi connectivity index (χ1n) is 8.83. The Labute approximate surface area is 173 Å². The Morgan fingerprint density at radius 2 is 2.14 bits per heavy atom. The van der Waals surface area contributed by atoms with Crippen LogP contribution in [0.25, 0.3) is 0 Å². The maximum absolute atomic E-state index is 13.3. The predicted molar refractivity (Wildman–Crippen MR) is 115 cm³/mol. The number of carbonyl (C=O) groups excluding carboxylic acids is 1. The van der Waals surface area contributed by atoms with Gasteiger partial charge in [-0.25, -0.2) is 0 Å². The Balaban J connectivity index is 2.03. The lowest BCUT2D eigenvalue weighted by Gasteiger charge is -2.29. The van der Waals surface area contributed by atoms with Crippen LogP contribution in [0, 0.1) is 11.3 Å². The van der Waals surface area contributed by atoms with E-state index in [0.29, 0.717) is 22.6 Å². The van der Waals surface area contributed by atoms with E-state index >= 15 is 0 Å². The number of thiophene rings is 1. The molecule has 0 saturated heterocycles. The van der Waals surface area contributed by atoms with E-state index in [2.05, 4.69) is 16.7 Å². The van der Waals surface area contributed by atoms with Gasteiger partial charge in [0.2, 0.25) is 0 Å². The zero-order valence-corrected chi connectivity index (χ0v) is 17.5. The van der Waals surface area contributed by atoms with E-state index in [9.17, 15) is 10.1 Å². The number of hydrogen-bond donors (Lipinski definition) is 2. The van der Waals surface area contributed by atoms with Gasteiger partial charge in [-0.05, 0) is 36.3 Å². The molecule has 1 amide bonds. The molecule has 0 radical (unpaired) electrons. The van der Waals surface area contributed by atoms with E-state index < -0.39 is 5.92 Å². The maximum atomic E-state index is 13.3. The number of ether oxygens (including phenoxy) is 1. The Hall–Kier alpha value is -2.69. The van der Waals surface area contributed by atoms with Crippen molar-refractivity contribution >= 4 is 34.7 Å². The second kappa shape index (κ2) is 9.00. The van der Waals surface area contributed by atoms with E-state index in [-0.39, 0.29) is 5.91 Å². The van der Waals surface area contributed by atoms with Crippen LogP contribution in [0.3, 0.4) is 0 Å². The molecule has 2 N–H and O–H groups in total. The quantitative estimate of drug-likeness (QED) is 0.711. The molecule has 0 unspecified atom stereocenters. The second-order valence-corrected chi connectivity index (χ2v) is 8.31. The number of allylic oxidation sites excluding steroid dienone is 2. The van der Waals surface area contributed by atoms with Crippen molar-refractivity contribution in [3.8, 4) is 11.8 Å². The van der Waals surface area contributed by atoms with Gasteiger partial charge < -0.3 is 15.4 Å². The first-order valence-corrected chi connectivity index (χ1v) is 10.7. The number of methoxy groups -OCH3 is 1. The maximum Gasteiger partial charge on any atom is 0.254 e. The van der Waals surface area contributed by atoms with Crippen molar-refractivity contribution in [2.45, 2.75) is 19.8 Å². The van der Waals surface area contributed by atoms with Crippen molar-refractivity contribution in [1.82, 2.24) is 5.32 Å². The summed E-state index contributed by atoms with van der Waals surface area (Å²) in [6.45, 7) is 3.92. The number of rotatable bonds is 6. The van der Waals surface area contributed by atoms with Crippen LogP contribution < -0.4 is 15.4 Å². The van der Waals surface area contributed by atoms with Crippen LogP contribution in [0.4, 0.5) is 5.69 Å². The number of benzene rings is 1. The minimum Gasteiger partial charge on any atom is -0.495 e. The topological polar surface area (TPSA) is 74.2 Å². The highest BCUT2D eigenvalue weighted by Crippen LogP contribution is 2.42. The number of para-hydroxylation sites is 2. The van der Waals surface area contributed by atoms with E-state index in [4.69, 9.17) is 4.74 Å². The zero-order chi connectivity index (χ0) is 20.1. The summed E-state index contributed by atoms with van der Waals surface area (Å²) in [5, 5.41) is 18.9. The third-order valence-corrected chi connectivity index (χ3v) is 6.20. The highest BCUT2D eigenvalue weighted by molar-refractivity contribution is 8.03. The van der Waals surface area contributed by atoms with Crippen molar-refractivity contribution in [3.63, 3.8) is 0 Å². The Morgan fingerprint density at radius 3 is 2.79 bits per heavy atom. The zero-order valence-electron chi connectivity index (χ0n) is 15.9. The molecule has 0 aliphatic carbocycles. The van der Waals surface area contributed by atoms with Gasteiger partial charge in [-0.1, -0.05) is 25.1 Å². The number of thioether (sulfide) groups is 1. The lowest BCUT2D eigenvalue weighted by Crippen LogP contribution is -2.30. The Kier molecular flexibility index (Phi) is 6.45. The molecule has 2 aromatic rings. The molecule has 144 valence electrons. The summed E-state index contributed by atoms with van der Waals surface area (Å²) in [4.78, 5) is 14.2. The molecule has 0 saturated carbocycles. The average Bonchev–Trinajstić information content (AvgIpc) is 3.22. The molecule has 0 spiro atoms. The van der Waals surface area contributed by atoms with E-state index in [1.54, 1.807) is 42.3 Å². The Morgan fingerprint density at radius 1 is 1.36 bits per heavy atom. The van der Waals surface area contributed by atoms with Gasteiger partial charge in [-0.15, -0.1) is 23.1 Å². The minimum absolute atomic E-state index is 0.249. The second-order valence-electron chi connectivity index (χ2n) is 6.05. The van der Waals surface area contributed by atoms with Gasteiger partial charge in [0.05, 0.1) is 35.4 Å². The fourth-order valence-electron chi connectivity index (χ4n) is 3.15. The summed E-state index contributed by atoms with van der Waals surface area (Å²) in [7, 11) is 1.57. The Bertz CT molecular complexity index is 972. The van der Waals surface area contributed by atoms with E-state index in [1.165, 1.54) is 0 Å². The number of anilines is 1. The summed E-state index contributed by atoms with van der Waals surface area (Å²) in [5.74, 6) is 0.778. The van der Waals surface area contributed by atoms with Crippen LogP contribution >= 0.6 is 23.1 Å². The van der Waals surface area contributed by atoms with Gasteiger partial charge in [0.1, 0.15) is 5.75 Å². The number of carbonyl (C=O) groups is 1. The van der Waals surface area contributed by atoms with Gasteiger partial charge in [0.15, 0.2) is 0 Å². The highest BCUT2D eigenvalue weighted by atomic mass is 32.2. The van der Waals surface area contributed by atoms with Crippen molar-refractivity contribution in [1.29, 1.82) is 5.26 Å². The number of nitriles is 1. The molecule has 5 nitrogen and oxygen atoms in total. The van der Waals surface area contributed by atoms with Gasteiger partial charge in [-0.3, -0.25) is 4.79 Å². The molecule has 1 atom stereocenters. The fourth-order valence-corrected chi connectivity index (χ4v) is 4.83. The normalized spacial score (nSPS) is 16.4. The van der Waals surface area contributed by atoms with Gasteiger partial charge in [0, 0.05) is 16.1 Å². The van der Waals surface area contributed by atoms with Crippen LogP contribution in [0.1, 0.15) is 24.6 Å². The van der Waals surface area contributed by atoms with Crippen molar-refractivity contribution < 1.29 is 9.53 Å². The first-order chi connectivity index (χ1) is 13.6. The van der Waals surface area contributed by atoms with Gasteiger partial charge in [0.25, 0.3) is 5.91 Å². The summed E-state index contributed by atoms with van der Waals surface area (Å²) in [5.41, 5.74) is 2.47. The van der Waals surface area contributed by atoms with Crippen LogP contribution in [-0.2, 0) is 4.79 Å². The molecule has 28 heavy (non-hydrogen) atoms. The summed E-state index contributed by atoms with van der Waals surface area (Å²) >= 11 is 3.12. The van der Waals surface area contributed by atoms with E-state index in [1.807, 2.05) is 43.5 Å². The highest BCUT2D eigenvalue weighted by Gasteiger charge is 2.35. The molecule has 1 aliphatic rings. The summed E-state index contributed by atoms with van der Waals surface area (Å²) < 4.78 is 5.34. The number of nitrogens with one attached hydrogen (secondary N) is 2. The standard InChI is InChI=1S/C21H21N3O2S2/c1-4-27-21-14(12-22)19(17-10-7-11-28-17)18(13(2)23-21)20(25)24-15-8-5-6-9-16(15)26-3/h5-11,19,23H,4H2,1-3H3,(H,24,25)/t19-/m1/s1. The lowest BCUT2D eigenvalue weighted by molar-refractivity contribution is -0.113. The molecule has 1 aliphatic heterocycles. The average molecular weight is 412 g/mol. The first kappa shape index (κ1) is 20.1. The molecule has 1 aromatic carbocycles. The summed E-state index contributed by atoms with van der Waals surface area (Å²) in [6.07, 6.45) is 0. The minimum atomic E-state index is -0.394. The van der Waals surface area contributed by atoms with E-state index in [0.717, 1.165) is 21.4 Å².